The third kappa shape index (κ3) is 6.34. The molecular weight excluding hydrogens is 375 g/mol. The Hall–Kier alpha value is -1.35. The highest BCUT2D eigenvalue weighted by Crippen LogP contribution is 2.30. The summed E-state index contributed by atoms with van der Waals surface area (Å²) in [5.41, 5.74) is -0.838. The van der Waals surface area contributed by atoms with Crippen LogP contribution in [0.5, 0.6) is 0 Å². The van der Waals surface area contributed by atoms with E-state index in [1.165, 1.54) is 12.8 Å². The van der Waals surface area contributed by atoms with E-state index in [0.29, 0.717) is 22.9 Å². The van der Waals surface area contributed by atoms with Gasteiger partial charge in [0.25, 0.3) is 0 Å². The number of nitrogens with zero attached hydrogens (tertiary/aromatic N) is 3. The number of aliphatic imine (C=N–C) groups is 1. The number of halogens is 3. The number of thiazole rings is 1. The van der Waals surface area contributed by atoms with Gasteiger partial charge in [0.05, 0.1) is 6.54 Å². The summed E-state index contributed by atoms with van der Waals surface area (Å²) in [4.78, 5) is 10.4. The molecule has 1 aromatic rings. The maximum Gasteiger partial charge on any atom is 0.434 e. The molecule has 0 amide bonds. The second-order valence-electron chi connectivity index (χ2n) is 6.82. The van der Waals surface area contributed by atoms with Gasteiger partial charge in [-0.2, -0.15) is 13.2 Å². The molecule has 1 aliphatic heterocycles. The average Bonchev–Trinajstić information content (AvgIpc) is 3.32. The SMILES string of the molecule is CCC(CC)C(CNC(=NC)NCc1nc(C(F)(F)F)cs1)N1CCCC1. The van der Waals surface area contributed by atoms with Gasteiger partial charge in [0.15, 0.2) is 11.7 Å². The first-order chi connectivity index (χ1) is 12.9. The van der Waals surface area contributed by atoms with Crippen LogP contribution in [0.25, 0.3) is 0 Å². The number of hydrogen-bond donors (Lipinski definition) is 2. The van der Waals surface area contributed by atoms with Crippen LogP contribution in [0.15, 0.2) is 10.4 Å². The van der Waals surface area contributed by atoms with Crippen LogP contribution in [0, 0.1) is 5.92 Å². The van der Waals surface area contributed by atoms with Crippen LogP contribution < -0.4 is 10.6 Å². The number of alkyl halides is 3. The zero-order valence-electron chi connectivity index (χ0n) is 16.3. The quantitative estimate of drug-likeness (QED) is 0.511. The predicted molar refractivity (Wildman–Crippen MR) is 104 cm³/mol. The smallest absolute Gasteiger partial charge is 0.355 e. The van der Waals surface area contributed by atoms with E-state index < -0.39 is 11.9 Å². The van der Waals surface area contributed by atoms with Crippen LogP contribution in [0.4, 0.5) is 13.2 Å². The van der Waals surface area contributed by atoms with Gasteiger partial charge in [-0.1, -0.05) is 26.7 Å². The van der Waals surface area contributed by atoms with Gasteiger partial charge in [-0.05, 0) is 31.8 Å². The lowest BCUT2D eigenvalue weighted by molar-refractivity contribution is -0.140. The largest absolute Gasteiger partial charge is 0.434 e. The second-order valence-corrected chi connectivity index (χ2v) is 7.76. The fourth-order valence-electron chi connectivity index (χ4n) is 3.60. The molecule has 5 nitrogen and oxygen atoms in total. The second kappa shape index (κ2) is 10.3. The van der Waals surface area contributed by atoms with Crippen LogP contribution in [-0.2, 0) is 12.7 Å². The minimum Gasteiger partial charge on any atom is -0.355 e. The van der Waals surface area contributed by atoms with E-state index in [1.807, 2.05) is 0 Å². The van der Waals surface area contributed by atoms with Gasteiger partial charge in [-0.15, -0.1) is 11.3 Å². The van der Waals surface area contributed by atoms with Gasteiger partial charge in [0.1, 0.15) is 5.01 Å². The fraction of sp³-hybridized carbons (Fsp3) is 0.778. The Balaban J connectivity index is 1.90. The minimum atomic E-state index is -4.40. The molecule has 0 bridgehead atoms. The highest BCUT2D eigenvalue weighted by molar-refractivity contribution is 7.09. The monoisotopic (exact) mass is 405 g/mol. The van der Waals surface area contributed by atoms with Crippen LogP contribution in [0.2, 0.25) is 0 Å². The molecule has 0 aromatic carbocycles. The van der Waals surface area contributed by atoms with E-state index in [0.717, 1.165) is 49.2 Å². The summed E-state index contributed by atoms with van der Waals surface area (Å²) in [5.74, 6) is 1.20. The minimum absolute atomic E-state index is 0.222. The Morgan fingerprint density at radius 2 is 1.93 bits per heavy atom. The van der Waals surface area contributed by atoms with Crippen molar-refractivity contribution in [1.29, 1.82) is 0 Å². The third-order valence-corrected chi connectivity index (χ3v) is 6.00. The lowest BCUT2D eigenvalue weighted by Gasteiger charge is -2.34. The first-order valence-electron chi connectivity index (χ1n) is 9.59. The summed E-state index contributed by atoms with van der Waals surface area (Å²) in [6.07, 6.45) is 0.354. The van der Waals surface area contributed by atoms with Crippen molar-refractivity contribution in [2.24, 2.45) is 10.9 Å². The lowest BCUT2D eigenvalue weighted by atomic mass is 9.93. The molecule has 1 aliphatic rings. The van der Waals surface area contributed by atoms with Crippen molar-refractivity contribution in [3.05, 3.63) is 16.1 Å². The zero-order chi connectivity index (χ0) is 19.9. The molecule has 0 radical (unpaired) electrons. The first-order valence-corrected chi connectivity index (χ1v) is 10.5. The van der Waals surface area contributed by atoms with Gasteiger partial charge in [0.2, 0.25) is 0 Å². The Morgan fingerprint density at radius 3 is 2.44 bits per heavy atom. The number of likely N-dealkylation sites (tertiary alicyclic amines) is 1. The van der Waals surface area contributed by atoms with E-state index in [9.17, 15) is 13.2 Å². The number of hydrogen-bond acceptors (Lipinski definition) is 4. The van der Waals surface area contributed by atoms with Crippen molar-refractivity contribution in [3.8, 4) is 0 Å². The molecule has 2 N–H and O–H groups in total. The van der Waals surface area contributed by atoms with E-state index >= 15 is 0 Å². The summed E-state index contributed by atoms with van der Waals surface area (Å²) in [6, 6.07) is 0.442. The fourth-order valence-corrected chi connectivity index (χ4v) is 4.34. The van der Waals surface area contributed by atoms with Crippen LogP contribution >= 0.6 is 11.3 Å². The molecular formula is C18H30F3N5S. The zero-order valence-corrected chi connectivity index (χ0v) is 17.1. The number of nitrogens with one attached hydrogen (secondary N) is 2. The van der Waals surface area contributed by atoms with Crippen molar-refractivity contribution >= 4 is 17.3 Å². The summed E-state index contributed by atoms with van der Waals surface area (Å²) < 4.78 is 37.9. The summed E-state index contributed by atoms with van der Waals surface area (Å²) in [6.45, 7) is 7.72. The molecule has 1 atom stereocenters. The molecule has 27 heavy (non-hydrogen) atoms. The summed E-state index contributed by atoms with van der Waals surface area (Å²) in [7, 11) is 1.67. The predicted octanol–water partition coefficient (Wildman–Crippen LogP) is 3.73. The molecule has 9 heteroatoms. The maximum atomic E-state index is 12.6. The van der Waals surface area contributed by atoms with Gasteiger partial charge >= 0.3 is 6.18 Å². The number of rotatable bonds is 8. The molecule has 1 saturated heterocycles. The summed E-state index contributed by atoms with van der Waals surface area (Å²) in [5, 5.41) is 7.86. The third-order valence-electron chi connectivity index (χ3n) is 5.15. The Bertz CT molecular complexity index is 590. The molecule has 0 spiro atoms. The molecule has 1 unspecified atom stereocenters. The molecule has 2 rings (SSSR count). The lowest BCUT2D eigenvalue weighted by Crippen LogP contribution is -2.49. The highest BCUT2D eigenvalue weighted by atomic mass is 32.1. The van der Waals surface area contributed by atoms with Crippen molar-refractivity contribution in [2.45, 2.75) is 58.3 Å². The van der Waals surface area contributed by atoms with Crippen molar-refractivity contribution in [3.63, 3.8) is 0 Å². The van der Waals surface area contributed by atoms with Crippen molar-refractivity contribution in [2.75, 3.05) is 26.7 Å². The van der Waals surface area contributed by atoms with Crippen molar-refractivity contribution in [1.82, 2.24) is 20.5 Å². The molecule has 2 heterocycles. The Kier molecular flexibility index (Phi) is 8.34. The molecule has 0 aliphatic carbocycles. The molecule has 1 fully saturated rings. The highest BCUT2D eigenvalue weighted by Gasteiger charge is 2.33. The summed E-state index contributed by atoms with van der Waals surface area (Å²) >= 11 is 1.00. The Morgan fingerprint density at radius 1 is 1.26 bits per heavy atom. The average molecular weight is 406 g/mol. The van der Waals surface area contributed by atoms with Crippen molar-refractivity contribution < 1.29 is 13.2 Å². The van der Waals surface area contributed by atoms with Crippen LogP contribution in [0.1, 0.15) is 50.2 Å². The van der Waals surface area contributed by atoms with Gasteiger partial charge < -0.3 is 10.6 Å². The maximum absolute atomic E-state index is 12.6. The standard InChI is InChI=1S/C18H30F3N5S/c1-4-13(5-2)14(26-8-6-7-9-26)10-23-17(22-3)24-11-16-25-15(12-27-16)18(19,20)21/h12-14H,4-11H2,1-3H3,(H2,22,23,24). The van der Waals surface area contributed by atoms with E-state index in [4.69, 9.17) is 0 Å². The van der Waals surface area contributed by atoms with E-state index in [-0.39, 0.29) is 6.54 Å². The Labute approximate surface area is 163 Å². The van der Waals surface area contributed by atoms with E-state index in [1.54, 1.807) is 7.05 Å². The first kappa shape index (κ1) is 21.9. The topological polar surface area (TPSA) is 52.6 Å². The normalized spacial score (nSPS) is 17.5. The number of aromatic nitrogens is 1. The van der Waals surface area contributed by atoms with Gasteiger partial charge in [-0.25, -0.2) is 4.98 Å². The molecule has 154 valence electrons. The molecule has 1 aromatic heterocycles. The van der Waals surface area contributed by atoms with Crippen LogP contribution in [-0.4, -0.2) is 48.6 Å². The van der Waals surface area contributed by atoms with Crippen LogP contribution in [0.3, 0.4) is 0 Å². The molecule has 0 saturated carbocycles. The van der Waals surface area contributed by atoms with Gasteiger partial charge in [0, 0.05) is 25.0 Å². The number of guanidine groups is 1. The van der Waals surface area contributed by atoms with Gasteiger partial charge in [-0.3, -0.25) is 9.89 Å². The van der Waals surface area contributed by atoms with E-state index in [2.05, 4.69) is 39.4 Å².